The molecule has 0 aromatic rings. The van der Waals surface area contributed by atoms with Gasteiger partial charge in [0.1, 0.15) is 5.60 Å². The minimum absolute atomic E-state index is 0.248. The Morgan fingerprint density at radius 3 is 2.44 bits per heavy atom. The van der Waals surface area contributed by atoms with Gasteiger partial charge in [-0.3, -0.25) is 0 Å². The second-order valence-electron chi connectivity index (χ2n) is 5.26. The highest BCUT2D eigenvalue weighted by atomic mass is 16.6. The summed E-state index contributed by atoms with van der Waals surface area (Å²) < 4.78 is 5.22. The Hall–Kier alpha value is -0.770. The van der Waals surface area contributed by atoms with Gasteiger partial charge >= 0.3 is 6.09 Å². The average Bonchev–Trinajstić information content (AvgIpc) is 2.16. The first-order valence-corrected chi connectivity index (χ1v) is 5.92. The normalized spacial score (nSPS) is 19.5. The van der Waals surface area contributed by atoms with Crippen LogP contribution in [0.2, 0.25) is 0 Å². The van der Waals surface area contributed by atoms with E-state index in [2.05, 4.69) is 17.1 Å². The summed E-state index contributed by atoms with van der Waals surface area (Å²) >= 11 is 0. The van der Waals surface area contributed by atoms with Crippen molar-refractivity contribution in [1.29, 1.82) is 0 Å². The van der Waals surface area contributed by atoms with Gasteiger partial charge in [-0.15, -0.1) is 0 Å². The predicted molar refractivity (Wildman–Crippen MR) is 64.2 cm³/mol. The van der Waals surface area contributed by atoms with Gasteiger partial charge in [0.05, 0.1) is 0 Å². The van der Waals surface area contributed by atoms with Crippen LogP contribution in [0.25, 0.3) is 0 Å². The van der Waals surface area contributed by atoms with E-state index in [-0.39, 0.29) is 12.1 Å². The highest BCUT2D eigenvalue weighted by molar-refractivity contribution is 5.68. The highest BCUT2D eigenvalue weighted by Gasteiger charge is 2.22. The van der Waals surface area contributed by atoms with Crippen molar-refractivity contribution in [1.82, 2.24) is 10.2 Å². The SMILES string of the molecule is [CH2]CN1CCC(NC(=O)OC(C)(C)C)CC1. The number of hydrogen-bond acceptors (Lipinski definition) is 3. The molecule has 1 rings (SSSR count). The van der Waals surface area contributed by atoms with Gasteiger partial charge in [0.15, 0.2) is 0 Å². The quantitative estimate of drug-likeness (QED) is 0.782. The Morgan fingerprint density at radius 2 is 2.00 bits per heavy atom. The third kappa shape index (κ3) is 4.84. The van der Waals surface area contributed by atoms with Gasteiger partial charge in [-0.25, -0.2) is 4.79 Å². The first-order valence-electron chi connectivity index (χ1n) is 5.92. The van der Waals surface area contributed by atoms with E-state index in [1.54, 1.807) is 0 Å². The van der Waals surface area contributed by atoms with Crippen LogP contribution in [0.1, 0.15) is 33.6 Å². The molecule has 1 amide bonds. The number of rotatable bonds is 2. The molecule has 0 spiro atoms. The van der Waals surface area contributed by atoms with Gasteiger partial charge in [-0.1, -0.05) is 0 Å². The molecule has 0 aliphatic carbocycles. The maximum Gasteiger partial charge on any atom is 0.407 e. The van der Waals surface area contributed by atoms with Crippen molar-refractivity contribution >= 4 is 6.09 Å². The highest BCUT2D eigenvalue weighted by Crippen LogP contribution is 2.11. The first kappa shape index (κ1) is 13.3. The molecule has 4 nitrogen and oxygen atoms in total. The third-order valence-electron chi connectivity index (χ3n) is 2.62. The lowest BCUT2D eigenvalue weighted by Gasteiger charge is -2.31. The van der Waals surface area contributed by atoms with Crippen molar-refractivity contribution in [2.45, 2.75) is 45.3 Å². The zero-order valence-corrected chi connectivity index (χ0v) is 10.6. The molecule has 1 aliphatic rings. The van der Waals surface area contributed by atoms with E-state index in [1.165, 1.54) is 0 Å². The minimum Gasteiger partial charge on any atom is -0.444 e. The number of nitrogens with one attached hydrogen (secondary N) is 1. The molecule has 1 aliphatic heterocycles. The molecule has 0 saturated carbocycles. The lowest BCUT2D eigenvalue weighted by Crippen LogP contribution is -2.46. The molecule has 0 aromatic heterocycles. The number of carbonyl (C=O) groups is 1. The molecule has 0 atom stereocenters. The van der Waals surface area contributed by atoms with E-state index >= 15 is 0 Å². The lowest BCUT2D eigenvalue weighted by atomic mass is 10.1. The van der Waals surface area contributed by atoms with Crippen LogP contribution in [0.5, 0.6) is 0 Å². The Morgan fingerprint density at radius 1 is 1.44 bits per heavy atom. The molecule has 1 radical (unpaired) electrons. The fourth-order valence-corrected chi connectivity index (χ4v) is 1.78. The summed E-state index contributed by atoms with van der Waals surface area (Å²) in [6.45, 7) is 12.3. The topological polar surface area (TPSA) is 41.6 Å². The molecule has 1 saturated heterocycles. The minimum atomic E-state index is -0.419. The standard InChI is InChI=1S/C12H23N2O2/c1-5-14-8-6-10(7-9-14)13-11(15)16-12(2,3)4/h10H,1,5-9H2,2-4H3,(H,13,15). The maximum atomic E-state index is 11.5. The fraction of sp³-hybridized carbons (Fsp3) is 0.833. The summed E-state index contributed by atoms with van der Waals surface area (Å²) in [5, 5.41) is 2.91. The van der Waals surface area contributed by atoms with Gasteiger partial charge in [0.2, 0.25) is 0 Å². The molecular formula is C12H23N2O2. The molecule has 0 bridgehead atoms. The zero-order valence-electron chi connectivity index (χ0n) is 10.6. The van der Waals surface area contributed by atoms with E-state index < -0.39 is 5.60 Å². The van der Waals surface area contributed by atoms with Gasteiger partial charge in [-0.2, -0.15) is 0 Å². The smallest absolute Gasteiger partial charge is 0.407 e. The van der Waals surface area contributed by atoms with Crippen molar-refractivity contribution in [2.75, 3.05) is 19.6 Å². The van der Waals surface area contributed by atoms with Crippen molar-refractivity contribution in [3.63, 3.8) is 0 Å². The number of piperidine rings is 1. The largest absolute Gasteiger partial charge is 0.444 e. The van der Waals surface area contributed by atoms with Crippen LogP contribution in [-0.2, 0) is 4.74 Å². The van der Waals surface area contributed by atoms with Gasteiger partial charge in [-0.05, 0) is 47.1 Å². The van der Waals surface area contributed by atoms with Crippen LogP contribution >= 0.6 is 0 Å². The summed E-state index contributed by atoms with van der Waals surface area (Å²) in [5.41, 5.74) is -0.419. The van der Waals surface area contributed by atoms with Crippen molar-refractivity contribution in [3.8, 4) is 0 Å². The number of carbonyl (C=O) groups excluding carboxylic acids is 1. The van der Waals surface area contributed by atoms with E-state index in [9.17, 15) is 4.79 Å². The van der Waals surface area contributed by atoms with E-state index in [4.69, 9.17) is 4.74 Å². The molecule has 1 N–H and O–H groups in total. The summed E-state index contributed by atoms with van der Waals surface area (Å²) in [7, 11) is 0. The van der Waals surface area contributed by atoms with Crippen LogP contribution in [0.3, 0.4) is 0 Å². The van der Waals surface area contributed by atoms with Crippen molar-refractivity contribution in [2.24, 2.45) is 0 Å². The molecule has 93 valence electrons. The monoisotopic (exact) mass is 227 g/mol. The van der Waals surface area contributed by atoms with Crippen LogP contribution in [0, 0.1) is 6.92 Å². The summed E-state index contributed by atoms with van der Waals surface area (Å²) in [6.07, 6.45) is 1.66. The van der Waals surface area contributed by atoms with Crippen LogP contribution in [0.4, 0.5) is 4.79 Å². The number of alkyl carbamates (subject to hydrolysis) is 1. The number of nitrogens with zero attached hydrogens (tertiary/aromatic N) is 1. The Kier molecular flexibility index (Phi) is 4.59. The second kappa shape index (κ2) is 5.53. The van der Waals surface area contributed by atoms with Crippen LogP contribution in [-0.4, -0.2) is 42.3 Å². The Balaban J connectivity index is 2.26. The van der Waals surface area contributed by atoms with Crippen molar-refractivity contribution in [3.05, 3.63) is 6.92 Å². The molecule has 1 fully saturated rings. The van der Waals surface area contributed by atoms with Crippen LogP contribution < -0.4 is 5.32 Å². The predicted octanol–water partition coefficient (Wildman–Crippen LogP) is 1.81. The zero-order chi connectivity index (χ0) is 12.2. The van der Waals surface area contributed by atoms with Crippen molar-refractivity contribution < 1.29 is 9.53 Å². The number of hydrogen-bond donors (Lipinski definition) is 1. The molecular weight excluding hydrogens is 204 g/mol. The van der Waals surface area contributed by atoms with Gasteiger partial charge in [0, 0.05) is 19.1 Å². The molecule has 0 aromatic carbocycles. The second-order valence-corrected chi connectivity index (χ2v) is 5.26. The van der Waals surface area contributed by atoms with E-state index in [1.807, 2.05) is 20.8 Å². The number of amides is 1. The van der Waals surface area contributed by atoms with E-state index in [0.717, 1.165) is 32.5 Å². The number of likely N-dealkylation sites (tertiary alicyclic amines) is 1. The first-order chi connectivity index (χ1) is 7.40. The summed E-state index contributed by atoms with van der Waals surface area (Å²) in [5.74, 6) is 0. The van der Waals surface area contributed by atoms with Gasteiger partial charge in [0.25, 0.3) is 0 Å². The average molecular weight is 227 g/mol. The number of ether oxygens (including phenoxy) is 1. The fourth-order valence-electron chi connectivity index (χ4n) is 1.78. The Bertz CT molecular complexity index is 228. The Labute approximate surface area is 98.3 Å². The summed E-state index contributed by atoms with van der Waals surface area (Å²) in [6, 6.07) is 0.248. The third-order valence-corrected chi connectivity index (χ3v) is 2.62. The van der Waals surface area contributed by atoms with E-state index in [0.29, 0.717) is 0 Å². The molecule has 1 heterocycles. The molecule has 4 heteroatoms. The maximum absolute atomic E-state index is 11.5. The molecule has 0 unspecified atom stereocenters. The molecule has 16 heavy (non-hydrogen) atoms. The van der Waals surface area contributed by atoms with Crippen LogP contribution in [0.15, 0.2) is 0 Å². The lowest BCUT2D eigenvalue weighted by molar-refractivity contribution is 0.0481. The van der Waals surface area contributed by atoms with Gasteiger partial charge < -0.3 is 15.0 Å². The summed E-state index contributed by atoms with van der Waals surface area (Å²) in [4.78, 5) is 13.8.